The van der Waals surface area contributed by atoms with E-state index in [1.165, 1.54) is 5.69 Å². The van der Waals surface area contributed by atoms with Crippen molar-refractivity contribution in [2.24, 2.45) is 7.05 Å². The van der Waals surface area contributed by atoms with Gasteiger partial charge in [-0.3, -0.25) is 9.48 Å². The third-order valence-corrected chi connectivity index (χ3v) is 4.32. The zero-order valence-corrected chi connectivity index (χ0v) is 12.8. The fourth-order valence-corrected chi connectivity index (χ4v) is 3.19. The van der Waals surface area contributed by atoms with E-state index in [4.69, 9.17) is 0 Å². The Kier molecular flexibility index (Phi) is 3.53. The van der Waals surface area contributed by atoms with Gasteiger partial charge in [-0.2, -0.15) is 5.10 Å². The van der Waals surface area contributed by atoms with E-state index < -0.39 is 0 Å². The monoisotopic (exact) mass is 287 g/mol. The van der Waals surface area contributed by atoms with Gasteiger partial charge < -0.3 is 9.47 Å². The van der Waals surface area contributed by atoms with E-state index in [2.05, 4.69) is 21.6 Å². The van der Waals surface area contributed by atoms with Crippen LogP contribution in [-0.2, 0) is 7.05 Å². The Morgan fingerprint density at radius 3 is 2.52 bits per heavy atom. The molecule has 3 rings (SSSR count). The molecule has 2 aromatic rings. The lowest BCUT2D eigenvalue weighted by atomic mass is 10.0. The van der Waals surface area contributed by atoms with Gasteiger partial charge in [0.2, 0.25) is 0 Å². The maximum atomic E-state index is 12.5. The first-order valence-electron chi connectivity index (χ1n) is 7.35. The number of rotatable bonds is 2. The largest absolute Gasteiger partial charge is 0.337 e. The van der Waals surface area contributed by atoms with Crippen LogP contribution >= 0.6 is 0 Å². The van der Waals surface area contributed by atoms with Crippen molar-refractivity contribution in [3.63, 3.8) is 0 Å². The van der Waals surface area contributed by atoms with E-state index in [0.29, 0.717) is 11.7 Å². The number of carbonyl (C=O) groups is 1. The second-order valence-electron chi connectivity index (χ2n) is 5.68. The molecular formula is C15H21N5O. The molecular weight excluding hydrogens is 266 g/mol. The van der Waals surface area contributed by atoms with Gasteiger partial charge in [0.25, 0.3) is 5.91 Å². The first-order chi connectivity index (χ1) is 10.1. The molecule has 0 atom stereocenters. The van der Waals surface area contributed by atoms with Crippen molar-refractivity contribution in [2.75, 3.05) is 13.1 Å². The fourth-order valence-electron chi connectivity index (χ4n) is 3.19. The second kappa shape index (κ2) is 5.35. The highest BCUT2D eigenvalue weighted by atomic mass is 16.2. The third kappa shape index (κ3) is 2.46. The zero-order chi connectivity index (χ0) is 15.0. The lowest BCUT2D eigenvalue weighted by Gasteiger charge is -2.33. The number of hydrogen-bond acceptors (Lipinski definition) is 3. The molecule has 0 aromatic carbocycles. The molecule has 1 amide bonds. The summed E-state index contributed by atoms with van der Waals surface area (Å²) >= 11 is 0. The molecule has 0 bridgehead atoms. The van der Waals surface area contributed by atoms with Crippen molar-refractivity contribution in [3.8, 4) is 0 Å². The Bertz CT molecular complexity index is 629. The average molecular weight is 287 g/mol. The number of amides is 1. The zero-order valence-electron chi connectivity index (χ0n) is 12.8. The summed E-state index contributed by atoms with van der Waals surface area (Å²) in [7, 11) is 1.80. The summed E-state index contributed by atoms with van der Waals surface area (Å²) in [6.07, 6.45) is 5.53. The molecule has 1 aliphatic heterocycles. The Balaban J connectivity index is 1.68. The number of carbonyl (C=O) groups excluding carboxylic acids is 1. The van der Waals surface area contributed by atoms with Crippen LogP contribution in [0.25, 0.3) is 0 Å². The maximum absolute atomic E-state index is 12.5. The highest BCUT2D eigenvalue weighted by molar-refractivity contribution is 5.92. The SMILES string of the molecule is Cc1cnc(C)n1C1CCN(C(=O)c2ccnn2C)CC1. The molecule has 0 unspecified atom stereocenters. The maximum Gasteiger partial charge on any atom is 0.272 e. The summed E-state index contributed by atoms with van der Waals surface area (Å²) < 4.78 is 3.93. The van der Waals surface area contributed by atoms with Crippen LogP contribution in [0.1, 0.15) is 40.9 Å². The number of hydrogen-bond donors (Lipinski definition) is 0. The average Bonchev–Trinajstić information content (AvgIpc) is 3.05. The van der Waals surface area contributed by atoms with E-state index in [1.807, 2.05) is 18.0 Å². The lowest BCUT2D eigenvalue weighted by Crippen LogP contribution is -2.40. The number of aromatic nitrogens is 4. The summed E-state index contributed by atoms with van der Waals surface area (Å²) in [5.41, 5.74) is 1.85. The number of aryl methyl sites for hydroxylation is 3. The molecule has 112 valence electrons. The van der Waals surface area contributed by atoms with Crippen LogP contribution in [-0.4, -0.2) is 43.2 Å². The smallest absolute Gasteiger partial charge is 0.272 e. The number of nitrogens with zero attached hydrogens (tertiary/aromatic N) is 5. The Morgan fingerprint density at radius 1 is 1.29 bits per heavy atom. The highest BCUT2D eigenvalue weighted by Gasteiger charge is 2.27. The highest BCUT2D eigenvalue weighted by Crippen LogP contribution is 2.26. The van der Waals surface area contributed by atoms with Gasteiger partial charge in [0.05, 0.1) is 0 Å². The minimum Gasteiger partial charge on any atom is -0.337 e. The predicted octanol–water partition coefficient (Wildman–Crippen LogP) is 1.71. The van der Waals surface area contributed by atoms with Gasteiger partial charge in [0.1, 0.15) is 11.5 Å². The van der Waals surface area contributed by atoms with Gasteiger partial charge in [-0.05, 0) is 32.8 Å². The van der Waals surface area contributed by atoms with E-state index in [1.54, 1.807) is 24.0 Å². The van der Waals surface area contributed by atoms with Gasteiger partial charge in [-0.15, -0.1) is 0 Å². The molecule has 0 saturated carbocycles. The number of imidazole rings is 1. The minimum absolute atomic E-state index is 0.0764. The van der Waals surface area contributed by atoms with Gasteiger partial charge in [-0.1, -0.05) is 0 Å². The Morgan fingerprint density at radius 2 is 2.00 bits per heavy atom. The fraction of sp³-hybridized carbons (Fsp3) is 0.533. The van der Waals surface area contributed by atoms with Crippen LogP contribution in [0.4, 0.5) is 0 Å². The minimum atomic E-state index is 0.0764. The summed E-state index contributed by atoms with van der Waals surface area (Å²) in [6.45, 7) is 5.70. The first-order valence-corrected chi connectivity index (χ1v) is 7.35. The first kappa shape index (κ1) is 13.9. The molecule has 1 saturated heterocycles. The van der Waals surface area contributed by atoms with Crippen molar-refractivity contribution in [1.82, 2.24) is 24.2 Å². The number of likely N-dealkylation sites (tertiary alicyclic amines) is 1. The van der Waals surface area contributed by atoms with Crippen LogP contribution in [0.5, 0.6) is 0 Å². The summed E-state index contributed by atoms with van der Waals surface area (Å²) in [5.74, 6) is 1.14. The van der Waals surface area contributed by atoms with E-state index >= 15 is 0 Å². The molecule has 2 aromatic heterocycles. The molecule has 0 aliphatic carbocycles. The van der Waals surface area contributed by atoms with Crippen molar-refractivity contribution in [3.05, 3.63) is 35.7 Å². The van der Waals surface area contributed by atoms with Crippen molar-refractivity contribution in [1.29, 1.82) is 0 Å². The Labute approximate surface area is 124 Å². The molecule has 0 N–H and O–H groups in total. The lowest BCUT2D eigenvalue weighted by molar-refractivity contribution is 0.0682. The van der Waals surface area contributed by atoms with Gasteiger partial charge in [0.15, 0.2) is 0 Å². The second-order valence-corrected chi connectivity index (χ2v) is 5.68. The van der Waals surface area contributed by atoms with Crippen LogP contribution in [0.2, 0.25) is 0 Å². The molecule has 0 spiro atoms. The standard InChI is InChI=1S/C15H21N5O/c1-11-10-16-12(2)20(11)13-5-8-19(9-6-13)15(21)14-4-7-17-18(14)3/h4,7,10,13H,5-6,8-9H2,1-3H3. The molecule has 3 heterocycles. The predicted molar refractivity (Wildman–Crippen MR) is 79.1 cm³/mol. The van der Waals surface area contributed by atoms with Crippen LogP contribution in [0.15, 0.2) is 18.5 Å². The van der Waals surface area contributed by atoms with Crippen LogP contribution < -0.4 is 0 Å². The normalized spacial score (nSPS) is 16.4. The van der Waals surface area contributed by atoms with Crippen LogP contribution in [0, 0.1) is 13.8 Å². The van der Waals surface area contributed by atoms with Gasteiger partial charge >= 0.3 is 0 Å². The quantitative estimate of drug-likeness (QED) is 0.845. The summed E-state index contributed by atoms with van der Waals surface area (Å²) in [5, 5.41) is 4.07. The topological polar surface area (TPSA) is 56.0 Å². The molecule has 1 fully saturated rings. The third-order valence-electron chi connectivity index (χ3n) is 4.32. The number of piperidine rings is 1. The van der Waals surface area contributed by atoms with Crippen LogP contribution in [0.3, 0.4) is 0 Å². The summed E-state index contributed by atoms with van der Waals surface area (Å²) in [6, 6.07) is 2.22. The van der Waals surface area contributed by atoms with Gasteiger partial charge in [-0.25, -0.2) is 4.98 Å². The Hall–Kier alpha value is -2.11. The molecule has 21 heavy (non-hydrogen) atoms. The van der Waals surface area contributed by atoms with Crippen molar-refractivity contribution < 1.29 is 4.79 Å². The molecule has 6 nitrogen and oxygen atoms in total. The van der Waals surface area contributed by atoms with Crippen molar-refractivity contribution >= 4 is 5.91 Å². The van der Waals surface area contributed by atoms with E-state index in [-0.39, 0.29) is 5.91 Å². The van der Waals surface area contributed by atoms with Gasteiger partial charge in [0, 0.05) is 44.3 Å². The molecule has 6 heteroatoms. The summed E-state index contributed by atoms with van der Waals surface area (Å²) in [4.78, 5) is 18.7. The molecule has 0 radical (unpaired) electrons. The van der Waals surface area contributed by atoms with E-state index in [9.17, 15) is 4.79 Å². The molecule has 1 aliphatic rings. The van der Waals surface area contributed by atoms with E-state index in [0.717, 1.165) is 31.8 Å². The van der Waals surface area contributed by atoms with Crippen molar-refractivity contribution in [2.45, 2.75) is 32.7 Å².